The fourth-order valence-electron chi connectivity index (χ4n) is 9.62. The Morgan fingerprint density at radius 2 is 1.17 bits per heavy atom. The first-order chi connectivity index (χ1) is 28.4. The van der Waals surface area contributed by atoms with E-state index in [2.05, 4.69) is 81.3 Å². The fourth-order valence-corrected chi connectivity index (χ4v) is 9.62. The van der Waals surface area contributed by atoms with Gasteiger partial charge < -0.3 is 40.2 Å². The van der Waals surface area contributed by atoms with Gasteiger partial charge in [-0.05, 0) is 76.8 Å². The zero-order chi connectivity index (χ0) is 41.3. The summed E-state index contributed by atoms with van der Waals surface area (Å²) in [4.78, 5) is 71.6. The number of nitrogens with zero attached hydrogens (tertiary/aromatic N) is 4. The number of nitrogens with one attached hydrogen (secondary N) is 4. The minimum Gasteiger partial charge on any atom is -0.465 e. The van der Waals surface area contributed by atoms with Gasteiger partial charge in [0.15, 0.2) is 0 Å². The Balaban J connectivity index is 0.941. The Bertz CT molecular complexity index is 2440. The summed E-state index contributed by atoms with van der Waals surface area (Å²) in [7, 11) is 1.30. The lowest BCUT2D eigenvalue weighted by Gasteiger charge is -2.31. The number of methoxy groups -OCH3 is 1. The molecule has 5 aromatic rings. The van der Waals surface area contributed by atoms with Crippen LogP contribution < -0.4 is 10.6 Å². The molecular formula is C45H50N8O6. The van der Waals surface area contributed by atoms with Crippen LogP contribution in [0.4, 0.5) is 9.59 Å². The molecule has 14 nitrogen and oxygen atoms in total. The van der Waals surface area contributed by atoms with Crippen molar-refractivity contribution in [1.29, 1.82) is 0 Å². The maximum absolute atomic E-state index is 13.9. The lowest BCUT2D eigenvalue weighted by Crippen LogP contribution is -2.52. The van der Waals surface area contributed by atoms with Crippen LogP contribution in [-0.2, 0) is 14.3 Å². The topological polar surface area (TPSA) is 186 Å². The highest BCUT2D eigenvalue weighted by Gasteiger charge is 2.57. The van der Waals surface area contributed by atoms with Gasteiger partial charge in [0.1, 0.15) is 23.7 Å². The Labute approximate surface area is 342 Å². The van der Waals surface area contributed by atoms with Gasteiger partial charge in [-0.3, -0.25) is 9.59 Å². The van der Waals surface area contributed by atoms with E-state index in [9.17, 15) is 24.3 Å². The number of ether oxygens (including phenoxy) is 1. The van der Waals surface area contributed by atoms with Crippen molar-refractivity contribution < 1.29 is 29.0 Å². The number of hydrogen-bond acceptors (Lipinski definition) is 7. The van der Waals surface area contributed by atoms with Crippen LogP contribution in [0.25, 0.3) is 44.4 Å². The average Bonchev–Trinajstić information content (AvgIpc) is 3.82. The number of hydrogen-bond donors (Lipinski definition) is 5. The van der Waals surface area contributed by atoms with Crippen molar-refractivity contribution in [3.05, 3.63) is 84.7 Å². The number of aromatic amines is 2. The molecule has 9 rings (SSSR count). The van der Waals surface area contributed by atoms with Gasteiger partial charge in [-0.15, -0.1) is 0 Å². The summed E-state index contributed by atoms with van der Waals surface area (Å²) in [5, 5.41) is 16.7. The van der Waals surface area contributed by atoms with Crippen molar-refractivity contribution >= 4 is 34.8 Å². The number of carbonyl (C=O) groups excluding carboxylic acids is 3. The monoisotopic (exact) mass is 798 g/mol. The van der Waals surface area contributed by atoms with Gasteiger partial charge >= 0.3 is 12.2 Å². The Morgan fingerprint density at radius 1 is 0.678 bits per heavy atom. The van der Waals surface area contributed by atoms with Crippen molar-refractivity contribution in [1.82, 2.24) is 40.4 Å². The van der Waals surface area contributed by atoms with Crippen LogP contribution in [0.3, 0.4) is 0 Å². The highest BCUT2D eigenvalue weighted by molar-refractivity contribution is 6.04. The fraction of sp³-hybridized carbons (Fsp3) is 0.422. The molecule has 4 amide bonds. The number of fused-ring (bicyclic) bond motifs is 3. The molecule has 0 spiro atoms. The molecule has 2 aliphatic carbocycles. The van der Waals surface area contributed by atoms with Gasteiger partial charge in [-0.25, -0.2) is 19.6 Å². The number of alkyl carbamates (subject to hydrolysis) is 1. The summed E-state index contributed by atoms with van der Waals surface area (Å²) in [5.74, 6) is 1.69. The summed E-state index contributed by atoms with van der Waals surface area (Å²) in [6, 6.07) is 19.2. The molecule has 2 aromatic heterocycles. The van der Waals surface area contributed by atoms with Crippen molar-refractivity contribution in [3.8, 4) is 33.6 Å². The molecule has 4 heterocycles. The molecule has 5 N–H and O–H groups in total. The third-order valence-electron chi connectivity index (χ3n) is 12.9. The molecule has 2 aliphatic heterocycles. The maximum Gasteiger partial charge on any atom is 0.407 e. The predicted octanol–water partition coefficient (Wildman–Crippen LogP) is 7.28. The normalized spacial score (nSPS) is 23.8. The smallest absolute Gasteiger partial charge is 0.407 e. The van der Waals surface area contributed by atoms with Crippen LogP contribution in [0.5, 0.6) is 0 Å². The first-order valence-electron chi connectivity index (χ1n) is 20.6. The summed E-state index contributed by atoms with van der Waals surface area (Å²) >= 11 is 0. The molecule has 59 heavy (non-hydrogen) atoms. The first kappa shape index (κ1) is 38.3. The lowest BCUT2D eigenvalue weighted by molar-refractivity contribution is -0.137. The summed E-state index contributed by atoms with van der Waals surface area (Å²) < 4.78 is 4.82. The number of carboxylic acid groups (broad SMARTS) is 1. The van der Waals surface area contributed by atoms with Crippen LogP contribution in [0, 0.1) is 23.7 Å². The highest BCUT2D eigenvalue weighted by atomic mass is 16.5. The van der Waals surface area contributed by atoms with E-state index in [0.29, 0.717) is 17.7 Å². The van der Waals surface area contributed by atoms with Crippen LogP contribution in [-0.4, -0.2) is 90.1 Å². The zero-order valence-electron chi connectivity index (χ0n) is 33.8. The Hall–Kier alpha value is -6.18. The Kier molecular flexibility index (Phi) is 9.67. The van der Waals surface area contributed by atoms with E-state index in [4.69, 9.17) is 14.7 Å². The van der Waals surface area contributed by atoms with Gasteiger partial charge in [0.05, 0.1) is 43.0 Å². The average molecular weight is 799 g/mol. The minimum atomic E-state index is -1.20. The van der Waals surface area contributed by atoms with Gasteiger partial charge in [-0.2, -0.15) is 0 Å². The molecule has 0 bridgehead atoms. The van der Waals surface area contributed by atoms with Crippen molar-refractivity contribution in [3.63, 3.8) is 0 Å². The Morgan fingerprint density at radius 3 is 1.71 bits per heavy atom. The molecule has 14 heteroatoms. The number of amides is 4. The molecule has 306 valence electrons. The third-order valence-corrected chi connectivity index (χ3v) is 12.9. The second-order valence-electron chi connectivity index (χ2n) is 17.3. The maximum atomic E-state index is 13.9. The first-order valence-corrected chi connectivity index (χ1v) is 20.6. The van der Waals surface area contributed by atoms with E-state index in [1.165, 1.54) is 7.11 Å². The number of H-pyrrole nitrogens is 2. The number of rotatable bonds is 11. The number of likely N-dealkylation sites (tertiary alicyclic amines) is 2. The third kappa shape index (κ3) is 6.97. The van der Waals surface area contributed by atoms with E-state index in [1.54, 1.807) is 6.20 Å². The highest BCUT2D eigenvalue weighted by Crippen LogP contribution is 2.54. The molecular weight excluding hydrogens is 749 g/mol. The number of aromatic nitrogens is 4. The largest absolute Gasteiger partial charge is 0.465 e. The quantitative estimate of drug-likeness (QED) is 0.0923. The summed E-state index contributed by atoms with van der Waals surface area (Å²) in [5.41, 5.74) is 5.82. The number of imidazole rings is 2. The molecule has 0 unspecified atom stereocenters. The molecule has 2 saturated heterocycles. The van der Waals surface area contributed by atoms with Gasteiger partial charge in [-0.1, -0.05) is 88.4 Å². The molecule has 8 atom stereocenters. The van der Waals surface area contributed by atoms with Gasteiger partial charge in [0.2, 0.25) is 11.8 Å². The van der Waals surface area contributed by atoms with Crippen LogP contribution >= 0.6 is 0 Å². The number of benzene rings is 3. The lowest BCUT2D eigenvalue weighted by atomic mass is 9.94. The van der Waals surface area contributed by atoms with E-state index in [1.807, 2.05) is 43.7 Å². The second-order valence-corrected chi connectivity index (χ2v) is 17.3. The van der Waals surface area contributed by atoms with Crippen LogP contribution in [0.1, 0.15) is 77.1 Å². The van der Waals surface area contributed by atoms with E-state index >= 15 is 0 Å². The minimum absolute atomic E-state index is 0.108. The number of piperidine rings is 2. The molecule has 3 aromatic carbocycles. The van der Waals surface area contributed by atoms with Gasteiger partial charge in [0.25, 0.3) is 0 Å². The van der Waals surface area contributed by atoms with Crippen molar-refractivity contribution in [2.45, 2.75) is 89.6 Å². The van der Waals surface area contributed by atoms with Crippen molar-refractivity contribution in [2.24, 2.45) is 23.7 Å². The van der Waals surface area contributed by atoms with Crippen molar-refractivity contribution in [2.75, 3.05) is 7.11 Å². The summed E-state index contributed by atoms with van der Waals surface area (Å²) in [6.45, 7) is 7.54. The van der Waals surface area contributed by atoms with Gasteiger partial charge in [0, 0.05) is 17.6 Å². The molecule has 4 aliphatic rings. The van der Waals surface area contributed by atoms with E-state index in [0.717, 1.165) is 75.9 Å². The van der Waals surface area contributed by atoms with Crippen LogP contribution in [0.15, 0.2) is 73.1 Å². The predicted molar refractivity (Wildman–Crippen MR) is 221 cm³/mol. The van der Waals surface area contributed by atoms with E-state index < -0.39 is 24.3 Å². The number of carbonyl (C=O) groups is 4. The molecule has 2 saturated carbocycles. The zero-order valence-corrected chi connectivity index (χ0v) is 33.8. The standard InChI is InChI=1S/C45H50N8O6/c1-22(2)38(50-44(56)57)42(54)52-34-16-26(34)18-36(52)40-46-20-32(48-40)25-14-12-24(13-15-25)28-8-6-10-30-29(28)9-7-11-31(30)33-21-47-41(49-33)37-19-27-17-35(27)53(37)43(55)39(23(3)4)51-45(58)59-5/h6-15,20-23,26-27,34-39,50H,16-19H2,1-5H3,(H,46,48)(H,47,49)(H,51,58)(H,56,57)/t26-,27-,34-,35-,36+,37+,38+,39+/m1/s1. The molecule has 0 radical (unpaired) electrons. The van der Waals surface area contributed by atoms with Crippen LogP contribution in [0.2, 0.25) is 0 Å². The summed E-state index contributed by atoms with van der Waals surface area (Å²) in [6.07, 6.45) is 5.37. The van der Waals surface area contributed by atoms with E-state index in [-0.39, 0.29) is 47.8 Å². The molecule has 4 fully saturated rings. The SMILES string of the molecule is COC(=O)N[C@H](C(=O)N1[C@@H]2C[C@@H]2C[C@H]1c1ncc(-c2cccc3c(-c4ccc(-c5cnc([C@@H]6C[C@H]7C[C@H]7N6C(=O)[C@@H](NC(=O)O)C(C)C)[nH]5)cc4)cccc23)[nH]1)C(C)C. The second kappa shape index (κ2) is 14.9.